The van der Waals surface area contributed by atoms with Gasteiger partial charge in [-0.15, -0.1) is 0 Å². The second kappa shape index (κ2) is 12.1. The zero-order chi connectivity index (χ0) is 21.2. The Morgan fingerprint density at radius 1 is 1.24 bits per heavy atom. The molecular formula is C25H33BrN2O. The van der Waals surface area contributed by atoms with Gasteiger partial charge in [-0.1, -0.05) is 73.1 Å². The van der Waals surface area contributed by atoms with Crippen molar-refractivity contribution in [1.29, 1.82) is 0 Å². The molecular weight excluding hydrogens is 424 g/mol. The summed E-state index contributed by atoms with van der Waals surface area (Å²) in [5.41, 5.74) is 4.75. The Hall–Kier alpha value is -1.75. The van der Waals surface area contributed by atoms with Crippen LogP contribution in [0.1, 0.15) is 45.6 Å². The smallest absolute Gasteiger partial charge is 0.0949 e. The fraction of sp³-hybridized carbons (Fsp3) is 0.400. The number of allylic oxidation sites excluding steroid dienone is 4. The first-order valence-electron chi connectivity index (χ1n) is 10.5. The molecule has 0 saturated carbocycles. The van der Waals surface area contributed by atoms with Crippen LogP contribution < -0.4 is 5.32 Å². The van der Waals surface area contributed by atoms with Gasteiger partial charge in [0.05, 0.1) is 18.4 Å². The minimum absolute atomic E-state index is 0.0658. The van der Waals surface area contributed by atoms with Crippen LogP contribution in [0, 0.1) is 0 Å². The fourth-order valence-electron chi connectivity index (χ4n) is 3.55. The number of halogens is 1. The molecule has 1 fully saturated rings. The maximum atomic E-state index is 11.2. The molecule has 2 heterocycles. The Morgan fingerprint density at radius 2 is 1.97 bits per heavy atom. The third kappa shape index (κ3) is 6.36. The van der Waals surface area contributed by atoms with E-state index in [1.54, 1.807) is 0 Å². The van der Waals surface area contributed by atoms with Crippen LogP contribution in [0.15, 0.2) is 81.3 Å². The van der Waals surface area contributed by atoms with E-state index in [1.165, 1.54) is 6.42 Å². The van der Waals surface area contributed by atoms with Gasteiger partial charge in [-0.25, -0.2) is 0 Å². The number of hydrogen-bond donors (Lipinski definition) is 2. The van der Waals surface area contributed by atoms with E-state index in [0.717, 1.165) is 51.9 Å². The van der Waals surface area contributed by atoms with Crippen molar-refractivity contribution in [2.24, 2.45) is 4.99 Å². The van der Waals surface area contributed by atoms with Crippen molar-refractivity contribution in [2.45, 2.75) is 52.2 Å². The molecule has 0 aromatic heterocycles. The quantitative estimate of drug-likeness (QED) is 0.603. The first-order chi connectivity index (χ1) is 14.1. The molecule has 0 amide bonds. The van der Waals surface area contributed by atoms with Gasteiger partial charge >= 0.3 is 0 Å². The number of nitrogens with zero attached hydrogens (tertiary/aromatic N) is 1. The van der Waals surface area contributed by atoms with Crippen LogP contribution in [-0.4, -0.2) is 36.1 Å². The summed E-state index contributed by atoms with van der Waals surface area (Å²) in [5, 5.41) is 14.7. The summed E-state index contributed by atoms with van der Waals surface area (Å²) in [6, 6.07) is 8.19. The monoisotopic (exact) mass is 456 g/mol. The number of aliphatic imine (C=N–C) groups is 1. The lowest BCUT2D eigenvalue weighted by atomic mass is 9.87. The van der Waals surface area contributed by atoms with Crippen LogP contribution in [0.4, 0.5) is 0 Å². The van der Waals surface area contributed by atoms with Gasteiger partial charge in [0.2, 0.25) is 0 Å². The van der Waals surface area contributed by atoms with Crippen molar-refractivity contribution in [2.75, 3.05) is 13.1 Å². The van der Waals surface area contributed by atoms with Crippen LogP contribution in [0.3, 0.4) is 0 Å². The van der Waals surface area contributed by atoms with Gasteiger partial charge in [0.15, 0.2) is 0 Å². The summed E-state index contributed by atoms with van der Waals surface area (Å²) in [6.07, 6.45) is 10.8. The molecule has 1 saturated heterocycles. The van der Waals surface area contributed by atoms with Gasteiger partial charge in [0.25, 0.3) is 0 Å². The zero-order valence-electron chi connectivity index (χ0n) is 17.8. The van der Waals surface area contributed by atoms with Gasteiger partial charge in [0.1, 0.15) is 0 Å². The molecule has 156 valence electrons. The molecule has 0 spiro atoms. The SMILES string of the molecule is C=C1CN=C(c2ccc(Br)cc2)C=C(C(O)C2CCCCN2)/C1=C/C=C\C.CC. The van der Waals surface area contributed by atoms with Crippen LogP contribution >= 0.6 is 15.9 Å². The average Bonchev–Trinajstić information content (AvgIpc) is 2.93. The van der Waals surface area contributed by atoms with E-state index in [2.05, 4.69) is 27.8 Å². The minimum atomic E-state index is -0.586. The van der Waals surface area contributed by atoms with E-state index < -0.39 is 6.10 Å². The Kier molecular flexibility index (Phi) is 9.79. The summed E-state index contributed by atoms with van der Waals surface area (Å²) in [6.45, 7) is 11.7. The Bertz CT molecular complexity index is 797. The molecule has 0 aliphatic carbocycles. The maximum Gasteiger partial charge on any atom is 0.0949 e. The van der Waals surface area contributed by atoms with Crippen molar-refractivity contribution in [3.8, 4) is 0 Å². The average molecular weight is 457 g/mol. The van der Waals surface area contributed by atoms with Crippen LogP contribution in [0.2, 0.25) is 0 Å². The van der Waals surface area contributed by atoms with Gasteiger partial charge in [-0.2, -0.15) is 0 Å². The van der Waals surface area contributed by atoms with E-state index in [0.29, 0.717) is 6.54 Å². The number of aliphatic hydroxyl groups is 1. The summed E-state index contributed by atoms with van der Waals surface area (Å²) < 4.78 is 1.04. The molecule has 2 aliphatic rings. The van der Waals surface area contributed by atoms with E-state index >= 15 is 0 Å². The highest BCUT2D eigenvalue weighted by molar-refractivity contribution is 9.10. The molecule has 29 heavy (non-hydrogen) atoms. The number of piperidine rings is 1. The summed E-state index contributed by atoms with van der Waals surface area (Å²) >= 11 is 3.49. The van der Waals surface area contributed by atoms with E-state index in [4.69, 9.17) is 4.99 Å². The summed E-state index contributed by atoms with van der Waals surface area (Å²) in [7, 11) is 0. The largest absolute Gasteiger partial charge is 0.387 e. The molecule has 3 rings (SSSR count). The van der Waals surface area contributed by atoms with Crippen molar-refractivity contribution >= 4 is 21.6 Å². The van der Waals surface area contributed by atoms with Crippen LogP contribution in [-0.2, 0) is 0 Å². The highest BCUT2D eigenvalue weighted by atomic mass is 79.9. The van der Waals surface area contributed by atoms with E-state index in [1.807, 2.05) is 69.3 Å². The fourth-order valence-corrected chi connectivity index (χ4v) is 3.82. The first kappa shape index (κ1) is 23.5. The van der Waals surface area contributed by atoms with Gasteiger partial charge < -0.3 is 10.4 Å². The number of nitrogens with one attached hydrogen (secondary N) is 1. The molecule has 4 heteroatoms. The van der Waals surface area contributed by atoms with Crippen LogP contribution in [0.5, 0.6) is 0 Å². The van der Waals surface area contributed by atoms with Gasteiger partial charge in [-0.05, 0) is 66.8 Å². The lowest BCUT2D eigenvalue weighted by molar-refractivity contribution is 0.146. The topological polar surface area (TPSA) is 44.6 Å². The van der Waals surface area contributed by atoms with Crippen molar-refractivity contribution in [1.82, 2.24) is 5.32 Å². The van der Waals surface area contributed by atoms with Gasteiger partial charge in [0, 0.05) is 10.5 Å². The maximum absolute atomic E-state index is 11.2. The minimum Gasteiger partial charge on any atom is -0.387 e. The number of rotatable bonds is 4. The Balaban J connectivity index is 0.00000145. The lowest BCUT2D eigenvalue weighted by Crippen LogP contribution is -2.44. The predicted octanol–water partition coefficient (Wildman–Crippen LogP) is 5.77. The normalized spacial score (nSPS) is 22.4. The number of benzene rings is 1. The van der Waals surface area contributed by atoms with Crippen molar-refractivity contribution in [3.05, 3.63) is 81.9 Å². The number of aliphatic hydroxyl groups excluding tert-OH is 1. The second-order valence-electron chi connectivity index (χ2n) is 7.02. The van der Waals surface area contributed by atoms with Gasteiger partial charge in [-0.3, -0.25) is 4.99 Å². The Labute approximate surface area is 184 Å². The highest BCUT2D eigenvalue weighted by Gasteiger charge is 2.28. The predicted molar refractivity (Wildman–Crippen MR) is 129 cm³/mol. The molecule has 3 nitrogen and oxygen atoms in total. The number of hydrogen-bond acceptors (Lipinski definition) is 3. The molecule has 0 bridgehead atoms. The van der Waals surface area contributed by atoms with Crippen LogP contribution in [0.25, 0.3) is 0 Å². The molecule has 2 unspecified atom stereocenters. The molecule has 2 atom stereocenters. The molecule has 1 aromatic carbocycles. The lowest BCUT2D eigenvalue weighted by Gasteiger charge is -2.30. The second-order valence-corrected chi connectivity index (χ2v) is 7.93. The first-order valence-corrected chi connectivity index (χ1v) is 11.3. The van der Waals surface area contributed by atoms with E-state index in [9.17, 15) is 5.11 Å². The van der Waals surface area contributed by atoms with Crippen molar-refractivity contribution in [3.63, 3.8) is 0 Å². The molecule has 1 aromatic rings. The summed E-state index contributed by atoms with van der Waals surface area (Å²) in [5.74, 6) is 0. The zero-order valence-corrected chi connectivity index (χ0v) is 19.4. The molecule has 2 N–H and O–H groups in total. The third-order valence-corrected chi connectivity index (χ3v) is 5.60. The van der Waals surface area contributed by atoms with Crippen molar-refractivity contribution < 1.29 is 5.11 Å². The summed E-state index contributed by atoms with van der Waals surface area (Å²) in [4.78, 5) is 4.77. The van der Waals surface area contributed by atoms with E-state index in [-0.39, 0.29) is 6.04 Å². The Morgan fingerprint density at radius 3 is 2.59 bits per heavy atom. The molecule has 2 aliphatic heterocycles. The standard InChI is InChI=1S/C23H27BrN2O.C2H6/c1-3-4-7-19-16(2)15-26-22(17-9-11-18(24)12-10-17)14-20(19)23(27)21-8-5-6-13-25-21;1-2/h3-4,7,9-12,14,21,23,25,27H,2,5-6,8,13,15H2,1H3;1-2H3/b4-3-,19-7+;. The third-order valence-electron chi connectivity index (χ3n) is 5.07. The highest BCUT2D eigenvalue weighted by Crippen LogP contribution is 2.29. The molecule has 0 radical (unpaired) electrons.